The molecule has 6 heteroatoms. The smallest absolute Gasteiger partial charge is 0.328 e. The van der Waals surface area contributed by atoms with Gasteiger partial charge in [0, 0.05) is 12.0 Å². The number of carbonyl (C=O) groups excluding carboxylic acids is 3. The molecule has 0 N–H and O–H groups in total. The Morgan fingerprint density at radius 1 is 1.28 bits per heavy atom. The second-order valence-electron chi connectivity index (χ2n) is 6.59. The number of amides is 1. The number of ketones is 1. The number of hydrogen-bond acceptors (Lipinski definition) is 5. The zero-order valence-corrected chi connectivity index (χ0v) is 15.4. The Morgan fingerprint density at radius 3 is 2.56 bits per heavy atom. The van der Waals surface area contributed by atoms with E-state index >= 15 is 0 Å². The van der Waals surface area contributed by atoms with E-state index in [1.165, 1.54) is 4.90 Å². The number of nitrogens with zero attached hydrogens (tertiary/aromatic N) is 1. The van der Waals surface area contributed by atoms with Crippen LogP contribution in [0.3, 0.4) is 0 Å². The third-order valence-corrected chi connectivity index (χ3v) is 4.14. The molecule has 1 unspecified atom stereocenters. The first kappa shape index (κ1) is 19.0. The van der Waals surface area contributed by atoms with Crippen LogP contribution in [0.25, 0.3) is 0 Å². The van der Waals surface area contributed by atoms with E-state index < -0.39 is 17.6 Å². The van der Waals surface area contributed by atoms with E-state index in [9.17, 15) is 14.4 Å². The first-order chi connectivity index (χ1) is 11.7. The van der Waals surface area contributed by atoms with Crippen LogP contribution < -0.4 is 9.64 Å². The number of esters is 1. The number of Topliss-reactive ketones (excluding diaryl/α,β-unsaturated/α-hetero) is 1. The molecule has 1 aliphatic rings. The SMILES string of the molecule is CCCOC(=O)C(C)N1C(=O)C(C)(C)Oc2ccc(C(=O)CC)cc21. The molecule has 1 amide bonds. The Balaban J connectivity index is 2.48. The number of benzene rings is 1. The Morgan fingerprint density at radius 2 is 1.96 bits per heavy atom. The van der Waals surface area contributed by atoms with Crippen molar-refractivity contribution in [2.45, 2.75) is 59.1 Å². The standard InChI is InChI=1S/C19H25NO5/c1-6-10-24-17(22)12(3)20-14-11-13(15(21)7-2)8-9-16(14)25-19(4,5)18(20)23/h8-9,11-12H,6-7,10H2,1-5H3. The molecule has 0 bridgehead atoms. The van der Waals surface area contributed by atoms with Gasteiger partial charge in [-0.3, -0.25) is 14.5 Å². The Bertz CT molecular complexity index is 695. The van der Waals surface area contributed by atoms with E-state index in [-0.39, 0.29) is 11.7 Å². The van der Waals surface area contributed by atoms with Crippen LogP contribution in [0.15, 0.2) is 18.2 Å². The molecule has 0 aromatic heterocycles. The molecule has 1 aliphatic heterocycles. The van der Waals surface area contributed by atoms with Gasteiger partial charge in [0.25, 0.3) is 5.91 Å². The predicted octanol–water partition coefficient (Wildman–Crippen LogP) is 3.13. The van der Waals surface area contributed by atoms with Gasteiger partial charge in [0.15, 0.2) is 11.4 Å². The van der Waals surface area contributed by atoms with E-state index in [2.05, 4.69) is 0 Å². The third kappa shape index (κ3) is 3.67. The van der Waals surface area contributed by atoms with Gasteiger partial charge in [-0.05, 0) is 45.4 Å². The van der Waals surface area contributed by atoms with Crippen LogP contribution in [-0.2, 0) is 14.3 Å². The molecule has 136 valence electrons. The maximum absolute atomic E-state index is 12.9. The summed E-state index contributed by atoms with van der Waals surface area (Å²) in [5.74, 6) is -0.401. The van der Waals surface area contributed by atoms with Crippen LogP contribution in [0.5, 0.6) is 5.75 Å². The van der Waals surface area contributed by atoms with E-state index in [1.54, 1.807) is 45.9 Å². The van der Waals surface area contributed by atoms with Crippen molar-refractivity contribution in [1.29, 1.82) is 0 Å². The topological polar surface area (TPSA) is 72.9 Å². The number of ether oxygens (including phenoxy) is 2. The summed E-state index contributed by atoms with van der Waals surface area (Å²) in [5, 5.41) is 0. The predicted molar refractivity (Wildman–Crippen MR) is 94.0 cm³/mol. The molecule has 0 radical (unpaired) electrons. The molecule has 1 aromatic rings. The third-order valence-electron chi connectivity index (χ3n) is 4.14. The molecule has 0 fully saturated rings. The average molecular weight is 347 g/mol. The normalized spacial score (nSPS) is 16.7. The van der Waals surface area contributed by atoms with Gasteiger partial charge in [-0.1, -0.05) is 13.8 Å². The molecule has 0 aliphatic carbocycles. The first-order valence-corrected chi connectivity index (χ1v) is 8.59. The van der Waals surface area contributed by atoms with E-state index in [1.807, 2.05) is 6.92 Å². The fourth-order valence-corrected chi connectivity index (χ4v) is 2.70. The number of carbonyl (C=O) groups is 3. The van der Waals surface area contributed by atoms with Crippen molar-refractivity contribution in [2.75, 3.05) is 11.5 Å². The summed E-state index contributed by atoms with van der Waals surface area (Å²) in [7, 11) is 0. The fourth-order valence-electron chi connectivity index (χ4n) is 2.70. The number of fused-ring (bicyclic) bond motifs is 1. The maximum Gasteiger partial charge on any atom is 0.328 e. The molecule has 1 heterocycles. The van der Waals surface area contributed by atoms with E-state index in [0.29, 0.717) is 36.4 Å². The second-order valence-corrected chi connectivity index (χ2v) is 6.59. The summed E-state index contributed by atoms with van der Waals surface area (Å²) in [4.78, 5) is 38.6. The Kier molecular flexibility index (Phi) is 5.50. The van der Waals surface area contributed by atoms with Crippen LogP contribution in [0, 0.1) is 0 Å². The Labute approximate surface area is 148 Å². The highest BCUT2D eigenvalue weighted by atomic mass is 16.5. The average Bonchev–Trinajstić information content (AvgIpc) is 2.59. The van der Waals surface area contributed by atoms with Gasteiger partial charge in [-0.15, -0.1) is 0 Å². The molecule has 25 heavy (non-hydrogen) atoms. The summed E-state index contributed by atoms with van der Waals surface area (Å²) < 4.78 is 11.0. The summed E-state index contributed by atoms with van der Waals surface area (Å²) in [5.41, 5.74) is -0.205. The molecule has 1 atom stereocenters. The minimum absolute atomic E-state index is 0.0405. The van der Waals surface area contributed by atoms with Crippen molar-refractivity contribution in [3.63, 3.8) is 0 Å². The number of hydrogen-bond donors (Lipinski definition) is 0. The lowest BCUT2D eigenvalue weighted by molar-refractivity contribution is -0.147. The summed E-state index contributed by atoms with van der Waals surface area (Å²) in [6.07, 6.45) is 1.06. The van der Waals surface area contributed by atoms with Gasteiger partial charge in [0.1, 0.15) is 11.8 Å². The van der Waals surface area contributed by atoms with Crippen molar-refractivity contribution >= 4 is 23.3 Å². The molecule has 0 saturated carbocycles. The largest absolute Gasteiger partial charge is 0.476 e. The Hall–Kier alpha value is -2.37. The van der Waals surface area contributed by atoms with Crippen molar-refractivity contribution in [1.82, 2.24) is 0 Å². The molecule has 0 saturated heterocycles. The van der Waals surface area contributed by atoms with Crippen LogP contribution in [0.2, 0.25) is 0 Å². The zero-order chi connectivity index (χ0) is 18.8. The van der Waals surface area contributed by atoms with E-state index in [0.717, 1.165) is 0 Å². The van der Waals surface area contributed by atoms with Crippen molar-refractivity contribution in [2.24, 2.45) is 0 Å². The van der Waals surface area contributed by atoms with E-state index in [4.69, 9.17) is 9.47 Å². The van der Waals surface area contributed by atoms with Crippen LogP contribution in [0.4, 0.5) is 5.69 Å². The van der Waals surface area contributed by atoms with Crippen LogP contribution >= 0.6 is 0 Å². The summed E-state index contributed by atoms with van der Waals surface area (Å²) >= 11 is 0. The van der Waals surface area contributed by atoms with Gasteiger partial charge < -0.3 is 9.47 Å². The number of anilines is 1. The maximum atomic E-state index is 12.9. The second kappa shape index (κ2) is 7.25. The summed E-state index contributed by atoms with van der Waals surface area (Å²) in [6, 6.07) is 4.14. The fraction of sp³-hybridized carbons (Fsp3) is 0.526. The molecule has 1 aromatic carbocycles. The molecular weight excluding hydrogens is 322 g/mol. The van der Waals surface area contributed by atoms with Gasteiger partial charge in [-0.25, -0.2) is 4.79 Å². The highest BCUT2D eigenvalue weighted by molar-refractivity contribution is 6.07. The first-order valence-electron chi connectivity index (χ1n) is 8.59. The lowest BCUT2D eigenvalue weighted by Gasteiger charge is -2.40. The molecular formula is C19H25NO5. The van der Waals surface area contributed by atoms with Gasteiger partial charge >= 0.3 is 5.97 Å². The van der Waals surface area contributed by atoms with Crippen molar-refractivity contribution in [3.8, 4) is 5.75 Å². The molecule has 2 rings (SSSR count). The lowest BCUT2D eigenvalue weighted by atomic mass is 9.99. The van der Waals surface area contributed by atoms with Gasteiger partial charge in [0.2, 0.25) is 0 Å². The summed E-state index contributed by atoms with van der Waals surface area (Å²) in [6.45, 7) is 8.90. The lowest BCUT2D eigenvalue weighted by Crippen LogP contribution is -2.57. The minimum Gasteiger partial charge on any atom is -0.476 e. The van der Waals surface area contributed by atoms with Gasteiger partial charge in [-0.2, -0.15) is 0 Å². The van der Waals surface area contributed by atoms with Crippen LogP contribution in [-0.4, -0.2) is 35.9 Å². The highest BCUT2D eigenvalue weighted by Crippen LogP contribution is 2.39. The highest BCUT2D eigenvalue weighted by Gasteiger charge is 2.44. The monoisotopic (exact) mass is 347 g/mol. The van der Waals surface area contributed by atoms with Crippen molar-refractivity contribution in [3.05, 3.63) is 23.8 Å². The quantitative estimate of drug-likeness (QED) is 0.584. The van der Waals surface area contributed by atoms with Gasteiger partial charge in [0.05, 0.1) is 12.3 Å². The minimum atomic E-state index is -1.11. The zero-order valence-electron chi connectivity index (χ0n) is 15.4. The van der Waals surface area contributed by atoms with Crippen LogP contribution in [0.1, 0.15) is 57.8 Å². The molecule has 0 spiro atoms. The number of rotatable bonds is 6. The molecule has 6 nitrogen and oxygen atoms in total. The van der Waals surface area contributed by atoms with Crippen molar-refractivity contribution < 1.29 is 23.9 Å².